The van der Waals surface area contributed by atoms with Crippen molar-refractivity contribution in [2.24, 2.45) is 10.2 Å². The SMILES string of the molecule is C/C(=N\NC(=O)c1ccc([N+](=O)[O-])cc1)c1ccc(O)c(/C(C)=N/NC(=O)c2ccc([N+](=O)[O-])cc2)c1O. The van der Waals surface area contributed by atoms with Gasteiger partial charge in [0.05, 0.1) is 26.8 Å². The number of hydrogen-bond donors (Lipinski definition) is 4. The number of phenols is 2. The second-order valence-corrected chi connectivity index (χ2v) is 7.74. The van der Waals surface area contributed by atoms with Crippen LogP contribution >= 0.6 is 0 Å². The first-order valence-corrected chi connectivity index (χ1v) is 10.7. The van der Waals surface area contributed by atoms with Crippen LogP contribution in [-0.2, 0) is 0 Å². The molecule has 0 aromatic heterocycles. The summed E-state index contributed by atoms with van der Waals surface area (Å²) in [6.45, 7) is 2.90. The molecule has 0 atom stereocenters. The summed E-state index contributed by atoms with van der Waals surface area (Å²) in [6, 6.07) is 12.3. The van der Waals surface area contributed by atoms with Crippen LogP contribution in [0, 0.1) is 20.2 Å². The summed E-state index contributed by atoms with van der Waals surface area (Å²) < 4.78 is 0. The summed E-state index contributed by atoms with van der Waals surface area (Å²) >= 11 is 0. The molecule has 3 rings (SSSR count). The molecule has 0 heterocycles. The van der Waals surface area contributed by atoms with E-state index in [9.17, 15) is 40.0 Å². The molecule has 3 aromatic carbocycles. The number of amides is 2. The van der Waals surface area contributed by atoms with Gasteiger partial charge in [0, 0.05) is 41.0 Å². The second-order valence-electron chi connectivity index (χ2n) is 7.74. The first-order valence-electron chi connectivity index (χ1n) is 10.7. The lowest BCUT2D eigenvalue weighted by atomic mass is 10.0. The summed E-state index contributed by atoms with van der Waals surface area (Å²) in [5.74, 6) is -2.10. The fourth-order valence-electron chi connectivity index (χ4n) is 3.21. The maximum atomic E-state index is 12.3. The summed E-state index contributed by atoms with van der Waals surface area (Å²) in [6.07, 6.45) is 0. The minimum Gasteiger partial charge on any atom is -0.507 e. The fraction of sp³-hybridized carbons (Fsp3) is 0.0833. The van der Waals surface area contributed by atoms with E-state index in [-0.39, 0.29) is 50.8 Å². The van der Waals surface area contributed by atoms with Gasteiger partial charge in [-0.05, 0) is 50.2 Å². The Kier molecular flexibility index (Phi) is 8.07. The molecule has 0 fully saturated rings. The Hall–Kier alpha value is -5.66. The number of hydrogen-bond acceptors (Lipinski definition) is 10. The zero-order valence-electron chi connectivity index (χ0n) is 19.9. The van der Waals surface area contributed by atoms with Gasteiger partial charge in [-0.15, -0.1) is 0 Å². The zero-order chi connectivity index (χ0) is 28.0. The lowest BCUT2D eigenvalue weighted by molar-refractivity contribution is -0.385. The standard InChI is InChI=1S/C24H20N6O8/c1-13(25-27-23(33)15-3-7-17(8-4-15)29(35)36)19-11-12-20(31)21(22(19)32)14(2)26-28-24(34)16-5-9-18(10-6-16)30(37)38/h3-12,31-32H,1-2H3,(H,27,33)(H,28,34)/b25-13+,26-14+. The molecular formula is C24H20N6O8. The highest BCUT2D eigenvalue weighted by atomic mass is 16.6. The second kappa shape index (κ2) is 11.4. The summed E-state index contributed by atoms with van der Waals surface area (Å²) in [4.78, 5) is 44.9. The average Bonchev–Trinajstić information content (AvgIpc) is 2.90. The number of nitro benzene ring substituents is 2. The number of nitrogens with zero attached hydrogens (tertiary/aromatic N) is 4. The van der Waals surface area contributed by atoms with Gasteiger partial charge in [0.25, 0.3) is 23.2 Å². The van der Waals surface area contributed by atoms with Crippen molar-refractivity contribution in [2.75, 3.05) is 0 Å². The van der Waals surface area contributed by atoms with Gasteiger partial charge in [0.15, 0.2) is 0 Å². The van der Waals surface area contributed by atoms with Gasteiger partial charge < -0.3 is 10.2 Å². The van der Waals surface area contributed by atoms with Gasteiger partial charge >= 0.3 is 0 Å². The highest BCUT2D eigenvalue weighted by Crippen LogP contribution is 2.31. The van der Waals surface area contributed by atoms with Gasteiger partial charge in [-0.2, -0.15) is 10.2 Å². The van der Waals surface area contributed by atoms with E-state index in [4.69, 9.17) is 0 Å². The maximum absolute atomic E-state index is 12.3. The molecule has 0 aliphatic heterocycles. The molecule has 0 unspecified atom stereocenters. The average molecular weight is 520 g/mol. The molecule has 0 aliphatic rings. The van der Waals surface area contributed by atoms with Crippen LogP contribution in [0.25, 0.3) is 0 Å². The zero-order valence-corrected chi connectivity index (χ0v) is 19.9. The molecule has 2 amide bonds. The Balaban J connectivity index is 1.77. The maximum Gasteiger partial charge on any atom is 0.271 e. The van der Waals surface area contributed by atoms with Crippen molar-refractivity contribution in [3.8, 4) is 11.5 Å². The van der Waals surface area contributed by atoms with Crippen LogP contribution in [0.4, 0.5) is 11.4 Å². The van der Waals surface area contributed by atoms with Crippen LogP contribution < -0.4 is 10.9 Å². The van der Waals surface area contributed by atoms with E-state index in [1.807, 2.05) is 0 Å². The molecule has 0 aliphatic carbocycles. The third-order valence-corrected chi connectivity index (χ3v) is 5.24. The first-order chi connectivity index (χ1) is 18.0. The smallest absolute Gasteiger partial charge is 0.271 e. The molecule has 14 heteroatoms. The minimum absolute atomic E-state index is 0.0276. The normalized spacial score (nSPS) is 11.5. The first kappa shape index (κ1) is 26.9. The predicted molar refractivity (Wildman–Crippen MR) is 135 cm³/mol. The molecule has 194 valence electrons. The molecular weight excluding hydrogens is 500 g/mol. The third kappa shape index (κ3) is 6.12. The number of phenolic OH excluding ortho intramolecular Hbond substituents is 2. The van der Waals surface area contributed by atoms with Crippen molar-refractivity contribution in [3.63, 3.8) is 0 Å². The summed E-state index contributed by atoms with van der Waals surface area (Å²) in [5, 5.41) is 50.4. The van der Waals surface area contributed by atoms with E-state index >= 15 is 0 Å². The van der Waals surface area contributed by atoms with Crippen LogP contribution in [-0.4, -0.2) is 43.3 Å². The van der Waals surface area contributed by atoms with Crippen molar-refractivity contribution in [2.45, 2.75) is 13.8 Å². The Bertz CT molecular complexity index is 1480. The quantitative estimate of drug-likeness (QED) is 0.196. The van der Waals surface area contributed by atoms with Crippen LogP contribution in [0.1, 0.15) is 45.7 Å². The number of rotatable bonds is 8. The van der Waals surface area contributed by atoms with Crippen molar-refractivity contribution in [1.82, 2.24) is 10.9 Å². The molecule has 38 heavy (non-hydrogen) atoms. The molecule has 0 saturated heterocycles. The molecule has 4 N–H and O–H groups in total. The number of carbonyl (C=O) groups is 2. The van der Waals surface area contributed by atoms with E-state index in [0.717, 1.165) is 12.1 Å². The molecule has 0 radical (unpaired) electrons. The molecule has 0 saturated carbocycles. The van der Waals surface area contributed by atoms with Crippen molar-refractivity contribution < 1.29 is 29.6 Å². The number of non-ortho nitro benzene ring substituents is 2. The van der Waals surface area contributed by atoms with E-state index in [1.165, 1.54) is 62.4 Å². The van der Waals surface area contributed by atoms with E-state index in [1.54, 1.807) is 0 Å². The van der Waals surface area contributed by atoms with E-state index < -0.39 is 27.4 Å². The van der Waals surface area contributed by atoms with Crippen molar-refractivity contribution in [3.05, 3.63) is 103 Å². The van der Waals surface area contributed by atoms with Crippen molar-refractivity contribution >= 4 is 34.6 Å². The van der Waals surface area contributed by atoms with Gasteiger partial charge in [0.2, 0.25) is 0 Å². The van der Waals surface area contributed by atoms with Gasteiger partial charge in [-0.3, -0.25) is 29.8 Å². The topological polar surface area (TPSA) is 210 Å². The van der Waals surface area contributed by atoms with Crippen LogP contribution in [0.2, 0.25) is 0 Å². The fourth-order valence-corrected chi connectivity index (χ4v) is 3.21. The summed E-state index contributed by atoms with van der Waals surface area (Å²) in [5.41, 5.74) is 4.59. The molecule has 3 aromatic rings. The van der Waals surface area contributed by atoms with Crippen LogP contribution in [0.15, 0.2) is 70.9 Å². The largest absolute Gasteiger partial charge is 0.507 e. The van der Waals surface area contributed by atoms with E-state index in [2.05, 4.69) is 21.1 Å². The van der Waals surface area contributed by atoms with Gasteiger partial charge in [-0.25, -0.2) is 10.9 Å². The highest BCUT2D eigenvalue weighted by Gasteiger charge is 2.18. The Morgan fingerprint density at radius 2 is 1.13 bits per heavy atom. The molecule has 14 nitrogen and oxygen atoms in total. The van der Waals surface area contributed by atoms with E-state index in [0.29, 0.717) is 0 Å². The Morgan fingerprint density at radius 3 is 1.55 bits per heavy atom. The third-order valence-electron chi connectivity index (χ3n) is 5.24. The lowest BCUT2D eigenvalue weighted by Gasteiger charge is -2.12. The molecule has 0 bridgehead atoms. The van der Waals surface area contributed by atoms with Gasteiger partial charge in [0.1, 0.15) is 11.5 Å². The van der Waals surface area contributed by atoms with Crippen LogP contribution in [0.3, 0.4) is 0 Å². The Morgan fingerprint density at radius 1 is 0.711 bits per heavy atom. The highest BCUT2D eigenvalue weighted by molar-refractivity contribution is 6.10. The summed E-state index contributed by atoms with van der Waals surface area (Å²) in [7, 11) is 0. The monoisotopic (exact) mass is 520 g/mol. The number of benzene rings is 3. The molecule has 0 spiro atoms. The van der Waals surface area contributed by atoms with Crippen LogP contribution in [0.5, 0.6) is 11.5 Å². The number of aromatic hydroxyl groups is 2. The lowest BCUT2D eigenvalue weighted by Crippen LogP contribution is -2.20. The van der Waals surface area contributed by atoms with Gasteiger partial charge in [-0.1, -0.05) is 0 Å². The minimum atomic E-state index is -0.680. The predicted octanol–water partition coefficient (Wildman–Crippen LogP) is 3.22. The van der Waals surface area contributed by atoms with Crippen molar-refractivity contribution in [1.29, 1.82) is 0 Å². The number of carbonyl (C=O) groups excluding carboxylic acids is 2. The number of nitrogens with one attached hydrogen (secondary N) is 2. The number of hydrazone groups is 2. The number of nitro groups is 2. The Labute approximate surface area is 214 Å².